The SMILES string of the molecule is CCOc1cccc(C(=O)Nc2onc3c2C[C@H](C)CC3)c1. The van der Waals surface area contributed by atoms with Crippen LogP contribution >= 0.6 is 0 Å². The zero-order valence-corrected chi connectivity index (χ0v) is 12.9. The Balaban J connectivity index is 1.77. The summed E-state index contributed by atoms with van der Waals surface area (Å²) < 4.78 is 10.7. The maximum atomic E-state index is 12.4. The topological polar surface area (TPSA) is 64.4 Å². The molecule has 0 unspecified atom stereocenters. The molecule has 0 fully saturated rings. The maximum Gasteiger partial charge on any atom is 0.258 e. The number of carbonyl (C=O) groups is 1. The molecule has 5 nitrogen and oxygen atoms in total. The van der Waals surface area contributed by atoms with E-state index >= 15 is 0 Å². The normalized spacial score (nSPS) is 16.9. The van der Waals surface area contributed by atoms with Crippen LogP contribution in [0.25, 0.3) is 0 Å². The maximum absolute atomic E-state index is 12.4. The van der Waals surface area contributed by atoms with Crippen LogP contribution in [0.3, 0.4) is 0 Å². The highest BCUT2D eigenvalue weighted by atomic mass is 16.5. The molecule has 0 aliphatic heterocycles. The van der Waals surface area contributed by atoms with Gasteiger partial charge in [0.15, 0.2) is 0 Å². The van der Waals surface area contributed by atoms with E-state index in [4.69, 9.17) is 9.26 Å². The molecule has 116 valence electrons. The molecule has 1 amide bonds. The third-order valence-corrected chi connectivity index (χ3v) is 3.93. The van der Waals surface area contributed by atoms with Gasteiger partial charge in [0.1, 0.15) is 5.75 Å². The quantitative estimate of drug-likeness (QED) is 0.939. The van der Waals surface area contributed by atoms with Crippen molar-refractivity contribution in [2.45, 2.75) is 33.1 Å². The molecule has 1 heterocycles. The van der Waals surface area contributed by atoms with Gasteiger partial charge < -0.3 is 9.26 Å². The number of rotatable bonds is 4. The van der Waals surface area contributed by atoms with Crippen LogP contribution in [0.1, 0.15) is 41.9 Å². The van der Waals surface area contributed by atoms with Gasteiger partial charge in [0.25, 0.3) is 5.91 Å². The lowest BCUT2D eigenvalue weighted by Gasteiger charge is -2.16. The summed E-state index contributed by atoms with van der Waals surface area (Å²) in [6.45, 7) is 4.68. The lowest BCUT2D eigenvalue weighted by Crippen LogP contribution is -2.15. The average Bonchev–Trinajstić information content (AvgIpc) is 2.90. The zero-order chi connectivity index (χ0) is 15.5. The van der Waals surface area contributed by atoms with Gasteiger partial charge in [0, 0.05) is 11.1 Å². The first-order valence-electron chi connectivity index (χ1n) is 7.69. The number of ether oxygens (including phenoxy) is 1. The van der Waals surface area contributed by atoms with Gasteiger partial charge in [0.05, 0.1) is 12.3 Å². The monoisotopic (exact) mass is 300 g/mol. The highest BCUT2D eigenvalue weighted by molar-refractivity contribution is 6.04. The zero-order valence-electron chi connectivity index (χ0n) is 12.9. The van der Waals surface area contributed by atoms with Gasteiger partial charge in [-0.25, -0.2) is 0 Å². The Kier molecular flexibility index (Phi) is 4.13. The summed E-state index contributed by atoms with van der Waals surface area (Å²) in [5.74, 6) is 1.54. The summed E-state index contributed by atoms with van der Waals surface area (Å²) in [7, 11) is 0. The van der Waals surface area contributed by atoms with Crippen molar-refractivity contribution in [2.75, 3.05) is 11.9 Å². The molecule has 0 saturated heterocycles. The highest BCUT2D eigenvalue weighted by Crippen LogP contribution is 2.30. The van der Waals surface area contributed by atoms with E-state index in [2.05, 4.69) is 17.4 Å². The van der Waals surface area contributed by atoms with Gasteiger partial charge in [-0.1, -0.05) is 18.1 Å². The van der Waals surface area contributed by atoms with E-state index in [1.165, 1.54) is 0 Å². The summed E-state index contributed by atoms with van der Waals surface area (Å²) >= 11 is 0. The number of carbonyl (C=O) groups excluding carboxylic acids is 1. The van der Waals surface area contributed by atoms with Gasteiger partial charge in [-0.3, -0.25) is 10.1 Å². The molecule has 2 aromatic rings. The van der Waals surface area contributed by atoms with Crippen LogP contribution in [0.4, 0.5) is 5.88 Å². The molecule has 0 bridgehead atoms. The Labute approximate surface area is 129 Å². The molecule has 1 N–H and O–H groups in total. The number of fused-ring (bicyclic) bond motifs is 1. The third-order valence-electron chi connectivity index (χ3n) is 3.93. The van der Waals surface area contributed by atoms with Crippen molar-refractivity contribution >= 4 is 11.8 Å². The first-order valence-corrected chi connectivity index (χ1v) is 7.69. The van der Waals surface area contributed by atoms with Crippen molar-refractivity contribution in [2.24, 2.45) is 5.92 Å². The van der Waals surface area contributed by atoms with Crippen LogP contribution in [0.2, 0.25) is 0 Å². The third kappa shape index (κ3) is 2.98. The Hall–Kier alpha value is -2.30. The summed E-state index contributed by atoms with van der Waals surface area (Å²) in [6, 6.07) is 7.11. The van der Waals surface area contributed by atoms with Crippen LogP contribution in [0, 0.1) is 5.92 Å². The summed E-state index contributed by atoms with van der Waals surface area (Å²) in [4.78, 5) is 12.4. The number of amides is 1. The van der Waals surface area contributed by atoms with Gasteiger partial charge in [-0.2, -0.15) is 0 Å². The number of aromatic nitrogens is 1. The number of nitrogens with zero attached hydrogens (tertiary/aromatic N) is 1. The molecule has 5 heteroatoms. The first-order chi connectivity index (χ1) is 10.7. The van der Waals surface area contributed by atoms with Crippen molar-refractivity contribution < 1.29 is 14.1 Å². The fraction of sp³-hybridized carbons (Fsp3) is 0.412. The van der Waals surface area contributed by atoms with E-state index < -0.39 is 0 Å². The van der Waals surface area contributed by atoms with Crippen molar-refractivity contribution in [1.29, 1.82) is 0 Å². The lowest BCUT2D eigenvalue weighted by atomic mass is 9.89. The summed E-state index contributed by atoms with van der Waals surface area (Å²) in [5.41, 5.74) is 2.55. The fourth-order valence-corrected chi connectivity index (χ4v) is 2.75. The smallest absolute Gasteiger partial charge is 0.258 e. The Morgan fingerprint density at radius 1 is 1.50 bits per heavy atom. The number of nitrogens with one attached hydrogen (secondary N) is 1. The first kappa shape index (κ1) is 14.6. The van der Waals surface area contributed by atoms with Crippen LogP contribution in [0.15, 0.2) is 28.8 Å². The van der Waals surface area contributed by atoms with Gasteiger partial charge >= 0.3 is 0 Å². The Bertz CT molecular complexity index is 678. The predicted octanol–water partition coefficient (Wildman–Crippen LogP) is 3.45. The lowest BCUT2D eigenvalue weighted by molar-refractivity contribution is 0.102. The largest absolute Gasteiger partial charge is 0.494 e. The number of hydrogen-bond donors (Lipinski definition) is 1. The van der Waals surface area contributed by atoms with E-state index in [1.54, 1.807) is 18.2 Å². The van der Waals surface area contributed by atoms with Crippen molar-refractivity contribution in [3.05, 3.63) is 41.1 Å². The standard InChI is InChI=1S/C17H20N2O3/c1-3-21-13-6-4-5-12(10-13)16(20)18-17-14-9-11(2)7-8-15(14)19-22-17/h4-6,10-11H,3,7-9H2,1-2H3,(H,18,20)/t11-/m1/s1. The van der Waals surface area contributed by atoms with E-state index in [0.29, 0.717) is 29.7 Å². The predicted molar refractivity (Wildman–Crippen MR) is 83.3 cm³/mol. The fourth-order valence-electron chi connectivity index (χ4n) is 2.75. The molecular formula is C17H20N2O3. The number of benzene rings is 1. The van der Waals surface area contributed by atoms with Gasteiger partial charge in [0.2, 0.25) is 5.88 Å². The van der Waals surface area contributed by atoms with Gasteiger partial charge in [-0.05, 0) is 50.3 Å². The molecule has 1 atom stereocenters. The molecule has 0 radical (unpaired) electrons. The second-order valence-corrected chi connectivity index (χ2v) is 5.70. The van der Waals surface area contributed by atoms with Crippen molar-refractivity contribution in [1.82, 2.24) is 5.16 Å². The molecule has 1 aromatic carbocycles. The number of aryl methyl sites for hydroxylation is 1. The van der Waals surface area contributed by atoms with E-state index in [0.717, 1.165) is 30.5 Å². The molecule has 1 aliphatic rings. The van der Waals surface area contributed by atoms with Crippen LogP contribution in [0.5, 0.6) is 5.75 Å². The Morgan fingerprint density at radius 3 is 3.18 bits per heavy atom. The Morgan fingerprint density at radius 2 is 2.36 bits per heavy atom. The molecule has 0 spiro atoms. The summed E-state index contributed by atoms with van der Waals surface area (Å²) in [6.07, 6.45) is 2.92. The minimum atomic E-state index is -0.210. The highest BCUT2D eigenvalue weighted by Gasteiger charge is 2.24. The van der Waals surface area contributed by atoms with E-state index in [9.17, 15) is 4.79 Å². The minimum absolute atomic E-state index is 0.210. The number of anilines is 1. The molecule has 1 aliphatic carbocycles. The molecule has 1 aromatic heterocycles. The van der Waals surface area contributed by atoms with Crippen LogP contribution in [-0.2, 0) is 12.8 Å². The minimum Gasteiger partial charge on any atom is -0.494 e. The molecule has 3 rings (SSSR count). The number of hydrogen-bond acceptors (Lipinski definition) is 4. The molecule has 0 saturated carbocycles. The summed E-state index contributed by atoms with van der Waals surface area (Å²) in [5, 5.41) is 6.90. The van der Waals surface area contributed by atoms with Crippen molar-refractivity contribution in [3.8, 4) is 5.75 Å². The van der Waals surface area contributed by atoms with Crippen LogP contribution in [-0.4, -0.2) is 17.7 Å². The second-order valence-electron chi connectivity index (χ2n) is 5.70. The van der Waals surface area contributed by atoms with Crippen molar-refractivity contribution in [3.63, 3.8) is 0 Å². The molecular weight excluding hydrogens is 280 g/mol. The van der Waals surface area contributed by atoms with Crippen LogP contribution < -0.4 is 10.1 Å². The van der Waals surface area contributed by atoms with Gasteiger partial charge in [-0.15, -0.1) is 0 Å². The second kappa shape index (κ2) is 6.22. The average molecular weight is 300 g/mol. The van der Waals surface area contributed by atoms with E-state index in [1.807, 2.05) is 13.0 Å². The molecule has 22 heavy (non-hydrogen) atoms. The van der Waals surface area contributed by atoms with E-state index in [-0.39, 0.29) is 5.91 Å².